The molecule has 0 saturated heterocycles. The monoisotopic (exact) mass is 397 g/mol. The van der Waals surface area contributed by atoms with Crippen LogP contribution in [-0.4, -0.2) is 26.7 Å². The third-order valence-corrected chi connectivity index (χ3v) is 4.22. The number of unbranched alkanes of at least 4 members (excludes halogenated alkanes) is 1. The number of benzene rings is 2. The van der Waals surface area contributed by atoms with Crippen LogP contribution in [0.15, 0.2) is 30.3 Å². The largest absolute Gasteiger partial charge is 0.497 e. The number of halogens is 2. The first-order chi connectivity index (χ1) is 12.5. The highest BCUT2D eigenvalue weighted by atomic mass is 35.5. The van der Waals surface area contributed by atoms with Crippen molar-refractivity contribution in [1.82, 2.24) is 0 Å². The number of amides is 1. The minimum atomic E-state index is -0.364. The Kier molecular flexibility index (Phi) is 7.42. The number of methoxy groups -OCH3 is 2. The van der Waals surface area contributed by atoms with Crippen molar-refractivity contribution in [2.45, 2.75) is 19.8 Å². The van der Waals surface area contributed by atoms with Crippen LogP contribution in [0.5, 0.6) is 17.2 Å². The zero-order valence-corrected chi connectivity index (χ0v) is 16.4. The average molecular weight is 398 g/mol. The highest BCUT2D eigenvalue weighted by Gasteiger charge is 2.16. The summed E-state index contributed by atoms with van der Waals surface area (Å²) in [7, 11) is 3.07. The molecule has 0 radical (unpaired) electrons. The fraction of sp³-hybridized carbons (Fsp3) is 0.316. The normalized spacial score (nSPS) is 10.3. The number of anilines is 1. The highest BCUT2D eigenvalue weighted by Crippen LogP contribution is 2.35. The van der Waals surface area contributed by atoms with Gasteiger partial charge in [-0.15, -0.1) is 0 Å². The maximum atomic E-state index is 12.6. The Morgan fingerprint density at radius 3 is 2.35 bits per heavy atom. The minimum absolute atomic E-state index is 0.292. The van der Waals surface area contributed by atoms with E-state index >= 15 is 0 Å². The lowest BCUT2D eigenvalue weighted by Gasteiger charge is -2.13. The molecule has 0 bridgehead atoms. The third kappa shape index (κ3) is 4.96. The van der Waals surface area contributed by atoms with E-state index in [4.69, 9.17) is 37.4 Å². The summed E-state index contributed by atoms with van der Waals surface area (Å²) in [5, 5.41) is 3.36. The lowest BCUT2D eigenvalue weighted by atomic mass is 10.2. The quantitative estimate of drug-likeness (QED) is 0.602. The molecule has 0 aliphatic carbocycles. The van der Waals surface area contributed by atoms with Crippen molar-refractivity contribution < 1.29 is 19.0 Å². The molecule has 5 nitrogen and oxygen atoms in total. The van der Waals surface area contributed by atoms with Gasteiger partial charge in [0.15, 0.2) is 5.75 Å². The van der Waals surface area contributed by atoms with Gasteiger partial charge in [-0.3, -0.25) is 4.79 Å². The summed E-state index contributed by atoms with van der Waals surface area (Å²) >= 11 is 12.5. The zero-order chi connectivity index (χ0) is 19.1. The van der Waals surface area contributed by atoms with Crippen LogP contribution in [0.3, 0.4) is 0 Å². The van der Waals surface area contributed by atoms with Crippen LogP contribution in [0.25, 0.3) is 0 Å². The van der Waals surface area contributed by atoms with Crippen LogP contribution in [0, 0.1) is 0 Å². The summed E-state index contributed by atoms with van der Waals surface area (Å²) in [6.45, 7) is 2.58. The molecule has 140 valence electrons. The van der Waals surface area contributed by atoms with Gasteiger partial charge in [-0.1, -0.05) is 36.5 Å². The maximum Gasteiger partial charge on any atom is 0.255 e. The summed E-state index contributed by atoms with van der Waals surface area (Å²) in [5.74, 6) is 1.13. The Hall–Kier alpha value is -2.11. The maximum absolute atomic E-state index is 12.6. The Balaban J connectivity index is 2.20. The van der Waals surface area contributed by atoms with Gasteiger partial charge in [0.05, 0.1) is 36.6 Å². The van der Waals surface area contributed by atoms with Gasteiger partial charge >= 0.3 is 0 Å². The molecule has 2 rings (SSSR count). The summed E-state index contributed by atoms with van der Waals surface area (Å²) in [5.41, 5.74) is 0.828. The molecule has 7 heteroatoms. The molecule has 2 aromatic carbocycles. The Morgan fingerprint density at radius 1 is 1.08 bits per heavy atom. The molecule has 0 aromatic heterocycles. The first-order valence-corrected chi connectivity index (χ1v) is 8.91. The van der Waals surface area contributed by atoms with Crippen molar-refractivity contribution in [2.75, 3.05) is 26.1 Å². The van der Waals surface area contributed by atoms with E-state index in [0.29, 0.717) is 45.2 Å². The summed E-state index contributed by atoms with van der Waals surface area (Å²) in [6.07, 6.45) is 1.89. The lowest BCUT2D eigenvalue weighted by Crippen LogP contribution is -2.13. The lowest BCUT2D eigenvalue weighted by molar-refractivity contribution is 0.102. The number of carbonyl (C=O) groups excluding carboxylic acids is 1. The van der Waals surface area contributed by atoms with E-state index in [-0.39, 0.29) is 5.91 Å². The van der Waals surface area contributed by atoms with Crippen LogP contribution in [0.4, 0.5) is 5.69 Å². The number of hydrogen-bond donors (Lipinski definition) is 1. The molecule has 26 heavy (non-hydrogen) atoms. The van der Waals surface area contributed by atoms with E-state index in [1.54, 1.807) is 25.3 Å². The van der Waals surface area contributed by atoms with E-state index in [1.807, 2.05) is 0 Å². The predicted octanol–water partition coefficient (Wildman–Crippen LogP) is 5.44. The van der Waals surface area contributed by atoms with Gasteiger partial charge in [0.25, 0.3) is 5.91 Å². The van der Waals surface area contributed by atoms with Gasteiger partial charge in [0.2, 0.25) is 0 Å². The molecule has 0 heterocycles. The van der Waals surface area contributed by atoms with Gasteiger partial charge < -0.3 is 19.5 Å². The van der Waals surface area contributed by atoms with Gasteiger partial charge in [-0.05, 0) is 30.7 Å². The molecule has 1 amide bonds. The van der Waals surface area contributed by atoms with Crippen LogP contribution in [0.1, 0.15) is 30.1 Å². The first-order valence-electron chi connectivity index (χ1n) is 8.15. The average Bonchev–Trinajstić information content (AvgIpc) is 2.64. The van der Waals surface area contributed by atoms with Crippen LogP contribution >= 0.6 is 23.2 Å². The minimum Gasteiger partial charge on any atom is -0.497 e. The molecular weight excluding hydrogens is 377 g/mol. The third-order valence-electron chi connectivity index (χ3n) is 3.66. The molecule has 0 aliphatic heterocycles. The van der Waals surface area contributed by atoms with Crippen molar-refractivity contribution in [3.8, 4) is 17.2 Å². The molecular formula is C19H21Cl2NO4. The Bertz CT molecular complexity index is 757. The number of rotatable bonds is 8. The van der Waals surface area contributed by atoms with Crippen molar-refractivity contribution >= 4 is 34.8 Å². The predicted molar refractivity (Wildman–Crippen MR) is 104 cm³/mol. The molecule has 0 saturated carbocycles. The topological polar surface area (TPSA) is 56.8 Å². The smallest absolute Gasteiger partial charge is 0.255 e. The van der Waals surface area contributed by atoms with Crippen LogP contribution in [-0.2, 0) is 0 Å². The number of carbonyl (C=O) groups is 1. The first kappa shape index (κ1) is 20.2. The fourth-order valence-electron chi connectivity index (χ4n) is 2.24. The van der Waals surface area contributed by atoms with Gasteiger partial charge in [0.1, 0.15) is 11.5 Å². The SMILES string of the molecule is CCCCOc1c(Cl)cc(C(=O)Nc2ccc(OC)cc2OC)cc1Cl. The fourth-order valence-corrected chi connectivity index (χ4v) is 2.84. The van der Waals surface area contributed by atoms with E-state index in [0.717, 1.165) is 12.8 Å². The standard InChI is InChI=1S/C19H21Cl2NO4/c1-4-5-8-26-18-14(20)9-12(10-15(18)21)19(23)22-16-7-6-13(24-2)11-17(16)25-3/h6-7,9-11H,4-5,8H2,1-3H3,(H,22,23). The van der Waals surface area contributed by atoms with Gasteiger partial charge in [-0.2, -0.15) is 0 Å². The molecule has 1 N–H and O–H groups in total. The zero-order valence-electron chi connectivity index (χ0n) is 14.9. The van der Waals surface area contributed by atoms with E-state index in [1.165, 1.54) is 19.2 Å². The van der Waals surface area contributed by atoms with Crippen molar-refractivity contribution in [3.05, 3.63) is 45.9 Å². The number of hydrogen-bond acceptors (Lipinski definition) is 4. The Labute approximate surface area is 163 Å². The summed E-state index contributed by atoms with van der Waals surface area (Å²) in [6, 6.07) is 8.16. The summed E-state index contributed by atoms with van der Waals surface area (Å²) in [4.78, 5) is 12.6. The second-order valence-electron chi connectivity index (χ2n) is 5.49. The van der Waals surface area contributed by atoms with Crippen LogP contribution < -0.4 is 19.5 Å². The molecule has 0 atom stereocenters. The second kappa shape index (κ2) is 9.55. The van der Waals surface area contributed by atoms with Crippen LogP contribution in [0.2, 0.25) is 10.0 Å². The highest BCUT2D eigenvalue weighted by molar-refractivity contribution is 6.37. The Morgan fingerprint density at radius 2 is 1.77 bits per heavy atom. The number of nitrogens with one attached hydrogen (secondary N) is 1. The summed E-state index contributed by atoms with van der Waals surface area (Å²) < 4.78 is 16.0. The van der Waals surface area contributed by atoms with E-state index < -0.39 is 0 Å². The molecule has 2 aromatic rings. The second-order valence-corrected chi connectivity index (χ2v) is 6.31. The van der Waals surface area contributed by atoms with Crippen molar-refractivity contribution in [1.29, 1.82) is 0 Å². The van der Waals surface area contributed by atoms with E-state index in [9.17, 15) is 4.79 Å². The van der Waals surface area contributed by atoms with Crippen molar-refractivity contribution in [3.63, 3.8) is 0 Å². The van der Waals surface area contributed by atoms with Gasteiger partial charge in [0, 0.05) is 11.6 Å². The molecule has 0 aliphatic rings. The molecule has 0 fully saturated rings. The number of ether oxygens (including phenoxy) is 3. The van der Waals surface area contributed by atoms with E-state index in [2.05, 4.69) is 12.2 Å². The van der Waals surface area contributed by atoms with Crippen molar-refractivity contribution in [2.24, 2.45) is 0 Å². The molecule has 0 unspecified atom stereocenters. The molecule has 0 spiro atoms. The van der Waals surface area contributed by atoms with Gasteiger partial charge in [-0.25, -0.2) is 0 Å².